The third-order valence-corrected chi connectivity index (χ3v) is 5.02. The quantitative estimate of drug-likeness (QED) is 0.418. The maximum atomic E-state index is 12.7. The van der Waals surface area contributed by atoms with Gasteiger partial charge in [-0.3, -0.25) is 4.79 Å². The summed E-state index contributed by atoms with van der Waals surface area (Å²) in [5, 5.41) is -1.07. The molecule has 1 rings (SSSR count). The normalized spacial score (nSPS) is 14.3. The maximum absolute atomic E-state index is 12.7. The molecule has 0 aliphatic heterocycles. The minimum Gasteiger partial charge on any atom is -0.461 e. The largest absolute Gasteiger partial charge is 0.461 e. The number of esters is 1. The fourth-order valence-electron chi connectivity index (χ4n) is 1.89. The van der Waals surface area contributed by atoms with Gasteiger partial charge in [-0.15, -0.1) is 11.6 Å². The van der Waals surface area contributed by atoms with E-state index in [0.29, 0.717) is 0 Å². The number of halogens is 6. The van der Waals surface area contributed by atoms with Crippen LogP contribution in [0.4, 0.5) is 13.2 Å². The summed E-state index contributed by atoms with van der Waals surface area (Å²) in [6, 6.07) is 9.03. The van der Waals surface area contributed by atoms with Gasteiger partial charge in [0, 0.05) is 11.8 Å². The molecule has 8 heteroatoms. The molecule has 1 aromatic carbocycles. The molecular formula is C16H18Cl3F3O2. The third-order valence-electron chi connectivity index (χ3n) is 3.54. The molecule has 0 radical (unpaired) electrons. The van der Waals surface area contributed by atoms with E-state index in [4.69, 9.17) is 39.5 Å². The Labute approximate surface area is 154 Å². The van der Waals surface area contributed by atoms with Gasteiger partial charge >= 0.3 is 12.1 Å². The lowest BCUT2D eigenvalue weighted by molar-refractivity contribution is -0.148. The first-order valence-corrected chi connectivity index (χ1v) is 8.32. The van der Waals surface area contributed by atoms with Crippen molar-refractivity contribution in [2.45, 2.75) is 49.2 Å². The van der Waals surface area contributed by atoms with E-state index in [1.54, 1.807) is 38.1 Å². The molecule has 0 aliphatic carbocycles. The van der Waals surface area contributed by atoms with Crippen LogP contribution in [0.25, 0.3) is 0 Å². The zero-order valence-electron chi connectivity index (χ0n) is 13.2. The predicted octanol–water partition coefficient (Wildman–Crippen LogP) is 5.88. The molecule has 0 aliphatic rings. The Morgan fingerprint density at radius 3 is 2.21 bits per heavy atom. The minimum absolute atomic E-state index is 0.0835. The first-order valence-electron chi connectivity index (χ1n) is 7.13. The second kappa shape index (κ2) is 8.15. The standard InChI is InChI=1S/C16H18Cl3F3O2/c1-14(2,12(17)8-15(18,19)16(20,21)22)9-13(23)24-10-11-6-4-3-5-7-11/h3-7,12H,8-10H2,1-2H3. The molecule has 0 saturated carbocycles. The number of benzene rings is 1. The van der Waals surface area contributed by atoms with Crippen molar-refractivity contribution in [3.63, 3.8) is 0 Å². The molecule has 24 heavy (non-hydrogen) atoms. The first-order chi connectivity index (χ1) is 10.8. The number of carbonyl (C=O) groups is 1. The molecule has 0 heterocycles. The molecule has 0 saturated heterocycles. The molecule has 1 atom stereocenters. The van der Waals surface area contributed by atoms with Crippen molar-refractivity contribution in [1.29, 1.82) is 0 Å². The summed E-state index contributed by atoms with van der Waals surface area (Å²) < 4.78 is 40.4. The van der Waals surface area contributed by atoms with E-state index < -0.39 is 33.7 Å². The Hall–Kier alpha value is -0.650. The van der Waals surface area contributed by atoms with Crippen LogP contribution >= 0.6 is 34.8 Å². The van der Waals surface area contributed by atoms with Gasteiger partial charge in [0.15, 0.2) is 0 Å². The number of hydrogen-bond donors (Lipinski definition) is 0. The van der Waals surface area contributed by atoms with Gasteiger partial charge in [-0.25, -0.2) is 0 Å². The number of ether oxygens (including phenoxy) is 1. The zero-order valence-corrected chi connectivity index (χ0v) is 15.4. The monoisotopic (exact) mass is 404 g/mol. The van der Waals surface area contributed by atoms with Crippen LogP contribution in [0.2, 0.25) is 0 Å². The summed E-state index contributed by atoms with van der Waals surface area (Å²) in [4.78, 5) is 11.9. The van der Waals surface area contributed by atoms with Gasteiger partial charge in [0.2, 0.25) is 4.33 Å². The third kappa shape index (κ3) is 6.34. The summed E-state index contributed by atoms with van der Waals surface area (Å²) in [7, 11) is 0. The van der Waals surface area contributed by atoms with Crippen molar-refractivity contribution < 1.29 is 22.7 Å². The Balaban J connectivity index is 2.59. The van der Waals surface area contributed by atoms with Gasteiger partial charge in [-0.05, 0) is 11.0 Å². The van der Waals surface area contributed by atoms with E-state index in [-0.39, 0.29) is 13.0 Å². The summed E-state index contributed by atoms with van der Waals surface area (Å²) >= 11 is 16.7. The van der Waals surface area contributed by atoms with Crippen molar-refractivity contribution in [2.75, 3.05) is 0 Å². The van der Waals surface area contributed by atoms with Gasteiger partial charge in [-0.2, -0.15) is 13.2 Å². The lowest BCUT2D eigenvalue weighted by Crippen LogP contribution is -2.40. The molecule has 0 aromatic heterocycles. The lowest BCUT2D eigenvalue weighted by atomic mass is 9.83. The SMILES string of the molecule is CC(C)(CC(=O)OCc1ccccc1)C(Cl)CC(Cl)(Cl)C(F)(F)F. The highest BCUT2D eigenvalue weighted by molar-refractivity contribution is 6.49. The van der Waals surface area contributed by atoms with E-state index in [1.165, 1.54) is 0 Å². The van der Waals surface area contributed by atoms with Crippen LogP contribution in [0.1, 0.15) is 32.3 Å². The Kier molecular flexibility index (Phi) is 7.27. The first kappa shape index (κ1) is 21.4. The number of rotatable bonds is 7. The number of hydrogen-bond acceptors (Lipinski definition) is 2. The van der Waals surface area contributed by atoms with E-state index >= 15 is 0 Å². The van der Waals surface area contributed by atoms with E-state index in [9.17, 15) is 18.0 Å². The Morgan fingerprint density at radius 2 is 1.71 bits per heavy atom. The maximum Gasteiger partial charge on any atom is 0.421 e. The molecule has 1 aromatic rings. The van der Waals surface area contributed by atoms with E-state index in [0.717, 1.165) is 5.56 Å². The van der Waals surface area contributed by atoms with Crippen LogP contribution in [0.3, 0.4) is 0 Å². The molecular weight excluding hydrogens is 388 g/mol. The molecule has 0 N–H and O–H groups in total. The smallest absolute Gasteiger partial charge is 0.421 e. The molecule has 1 unspecified atom stereocenters. The van der Waals surface area contributed by atoms with Crippen LogP contribution in [-0.2, 0) is 16.1 Å². The van der Waals surface area contributed by atoms with Crippen LogP contribution in [0.15, 0.2) is 30.3 Å². The second-order valence-electron chi connectivity index (χ2n) is 6.19. The number of alkyl halides is 6. The highest BCUT2D eigenvalue weighted by Crippen LogP contribution is 2.47. The lowest BCUT2D eigenvalue weighted by Gasteiger charge is -2.33. The average molecular weight is 406 g/mol. The van der Waals surface area contributed by atoms with Crippen molar-refractivity contribution >= 4 is 40.8 Å². The van der Waals surface area contributed by atoms with Crippen LogP contribution < -0.4 is 0 Å². The topological polar surface area (TPSA) is 26.3 Å². The van der Waals surface area contributed by atoms with Crippen molar-refractivity contribution in [2.24, 2.45) is 5.41 Å². The zero-order chi connectivity index (χ0) is 18.6. The molecule has 0 spiro atoms. The van der Waals surface area contributed by atoms with Crippen LogP contribution in [-0.4, -0.2) is 21.9 Å². The average Bonchev–Trinajstić information content (AvgIpc) is 2.44. The van der Waals surface area contributed by atoms with Gasteiger partial charge in [-0.1, -0.05) is 67.4 Å². The van der Waals surface area contributed by atoms with Crippen molar-refractivity contribution in [3.8, 4) is 0 Å². The van der Waals surface area contributed by atoms with E-state index in [2.05, 4.69) is 0 Å². The molecule has 0 amide bonds. The molecule has 0 fully saturated rings. The van der Waals surface area contributed by atoms with Crippen LogP contribution in [0.5, 0.6) is 0 Å². The Bertz CT molecular complexity index is 545. The highest BCUT2D eigenvalue weighted by Gasteiger charge is 2.54. The minimum atomic E-state index is -4.81. The van der Waals surface area contributed by atoms with Gasteiger partial charge < -0.3 is 4.74 Å². The Morgan fingerprint density at radius 1 is 1.17 bits per heavy atom. The summed E-state index contributed by atoms with van der Waals surface area (Å²) in [6.45, 7) is 3.21. The summed E-state index contributed by atoms with van der Waals surface area (Å²) in [5.74, 6) is -0.559. The molecule has 136 valence electrons. The molecule has 0 bridgehead atoms. The second-order valence-corrected chi connectivity index (χ2v) is 8.20. The predicted molar refractivity (Wildman–Crippen MR) is 89.4 cm³/mol. The van der Waals surface area contributed by atoms with Gasteiger partial charge in [0.25, 0.3) is 0 Å². The molecule has 2 nitrogen and oxygen atoms in total. The van der Waals surface area contributed by atoms with Crippen LogP contribution in [0, 0.1) is 5.41 Å². The van der Waals surface area contributed by atoms with Gasteiger partial charge in [0.05, 0.1) is 6.42 Å². The summed E-state index contributed by atoms with van der Waals surface area (Å²) in [5.41, 5.74) is -0.168. The summed E-state index contributed by atoms with van der Waals surface area (Å²) in [6.07, 6.45) is -5.71. The number of carbonyl (C=O) groups excluding carboxylic acids is 1. The highest BCUT2D eigenvalue weighted by atomic mass is 35.5. The van der Waals surface area contributed by atoms with Gasteiger partial charge in [0.1, 0.15) is 6.61 Å². The van der Waals surface area contributed by atoms with E-state index in [1.807, 2.05) is 6.07 Å². The van der Waals surface area contributed by atoms with Crippen molar-refractivity contribution in [1.82, 2.24) is 0 Å². The fourth-order valence-corrected chi connectivity index (χ4v) is 2.66. The fraction of sp³-hybridized carbons (Fsp3) is 0.562. The van der Waals surface area contributed by atoms with Crippen molar-refractivity contribution in [3.05, 3.63) is 35.9 Å².